The van der Waals surface area contributed by atoms with Gasteiger partial charge >= 0.3 is 6.03 Å². The highest BCUT2D eigenvalue weighted by Crippen LogP contribution is 2.14. The Bertz CT molecular complexity index is 444. The molecule has 0 radical (unpaired) electrons. The van der Waals surface area contributed by atoms with Crippen LogP contribution in [0.25, 0.3) is 0 Å². The molecule has 0 aliphatic carbocycles. The summed E-state index contributed by atoms with van der Waals surface area (Å²) in [5, 5.41) is 8.76. The molecule has 1 saturated heterocycles. The van der Waals surface area contributed by atoms with Gasteiger partial charge in [0.1, 0.15) is 5.82 Å². The molecule has 2 rings (SSSR count). The number of rotatable bonds is 3. The van der Waals surface area contributed by atoms with Crippen molar-refractivity contribution in [2.45, 2.75) is 19.8 Å². The van der Waals surface area contributed by atoms with E-state index in [1.165, 1.54) is 6.07 Å². The Morgan fingerprint density at radius 2 is 2.16 bits per heavy atom. The first-order chi connectivity index (χ1) is 9.15. The molecule has 1 aliphatic rings. The Balaban J connectivity index is 1.78. The van der Waals surface area contributed by atoms with Crippen LogP contribution in [0.15, 0.2) is 18.2 Å². The van der Waals surface area contributed by atoms with Crippen LogP contribution in [0.5, 0.6) is 0 Å². The molecule has 1 fully saturated rings. The molecule has 5 heteroatoms. The van der Waals surface area contributed by atoms with Crippen LogP contribution in [-0.2, 0) is 0 Å². The monoisotopic (exact) mass is 265 g/mol. The molecular weight excluding hydrogens is 245 g/mol. The summed E-state index contributed by atoms with van der Waals surface area (Å²) in [5.41, 5.74) is 1.05. The predicted molar refractivity (Wildman–Crippen MR) is 73.8 cm³/mol. The molecule has 104 valence electrons. The lowest BCUT2D eigenvalue weighted by Crippen LogP contribution is -2.37. The van der Waals surface area contributed by atoms with E-state index in [0.29, 0.717) is 23.7 Å². The second kappa shape index (κ2) is 6.52. The summed E-state index contributed by atoms with van der Waals surface area (Å²) in [6.07, 6.45) is 2.17. The molecule has 0 unspecified atom stereocenters. The molecular formula is C14H20FN3O. The van der Waals surface area contributed by atoms with Crippen molar-refractivity contribution in [3.8, 4) is 0 Å². The lowest BCUT2D eigenvalue weighted by molar-refractivity contribution is 0.248. The molecule has 0 aromatic heterocycles. The third-order valence-corrected chi connectivity index (χ3v) is 3.44. The molecule has 2 amide bonds. The summed E-state index contributed by atoms with van der Waals surface area (Å²) in [7, 11) is 0. The van der Waals surface area contributed by atoms with Crippen molar-refractivity contribution in [1.82, 2.24) is 10.6 Å². The molecule has 1 aromatic rings. The largest absolute Gasteiger partial charge is 0.338 e. The van der Waals surface area contributed by atoms with Crippen LogP contribution in [-0.4, -0.2) is 25.7 Å². The zero-order valence-electron chi connectivity index (χ0n) is 11.1. The van der Waals surface area contributed by atoms with Crippen molar-refractivity contribution in [2.24, 2.45) is 5.92 Å². The van der Waals surface area contributed by atoms with Crippen LogP contribution in [0.4, 0.5) is 14.9 Å². The van der Waals surface area contributed by atoms with Gasteiger partial charge in [-0.2, -0.15) is 0 Å². The first kappa shape index (κ1) is 13.8. The third kappa shape index (κ3) is 4.21. The molecule has 1 aliphatic heterocycles. The fraction of sp³-hybridized carbons (Fsp3) is 0.500. The van der Waals surface area contributed by atoms with Gasteiger partial charge in [-0.3, -0.25) is 0 Å². The zero-order valence-corrected chi connectivity index (χ0v) is 11.1. The maximum Gasteiger partial charge on any atom is 0.319 e. The van der Waals surface area contributed by atoms with Crippen molar-refractivity contribution < 1.29 is 9.18 Å². The number of hydrogen-bond acceptors (Lipinski definition) is 2. The molecule has 0 atom stereocenters. The molecule has 19 heavy (non-hydrogen) atoms. The van der Waals surface area contributed by atoms with Gasteiger partial charge in [-0.15, -0.1) is 0 Å². The highest BCUT2D eigenvalue weighted by Gasteiger charge is 2.13. The number of halogens is 1. The van der Waals surface area contributed by atoms with E-state index in [9.17, 15) is 9.18 Å². The zero-order chi connectivity index (χ0) is 13.7. The number of aryl methyl sites for hydroxylation is 1. The second-order valence-corrected chi connectivity index (χ2v) is 4.99. The minimum Gasteiger partial charge on any atom is -0.338 e. The number of carbonyl (C=O) groups excluding carboxylic acids is 1. The van der Waals surface area contributed by atoms with Crippen LogP contribution in [0.2, 0.25) is 0 Å². The summed E-state index contributed by atoms with van der Waals surface area (Å²) >= 11 is 0. The summed E-state index contributed by atoms with van der Waals surface area (Å²) in [4.78, 5) is 11.7. The quantitative estimate of drug-likeness (QED) is 0.785. The smallest absolute Gasteiger partial charge is 0.319 e. The Morgan fingerprint density at radius 1 is 1.42 bits per heavy atom. The number of urea groups is 1. The van der Waals surface area contributed by atoms with E-state index < -0.39 is 0 Å². The minimum atomic E-state index is -0.309. The lowest BCUT2D eigenvalue weighted by Gasteiger charge is -2.22. The highest BCUT2D eigenvalue weighted by molar-refractivity contribution is 5.89. The van der Waals surface area contributed by atoms with Crippen LogP contribution in [0.1, 0.15) is 18.4 Å². The van der Waals surface area contributed by atoms with Crippen LogP contribution < -0.4 is 16.0 Å². The first-order valence-corrected chi connectivity index (χ1v) is 6.67. The average Bonchev–Trinajstić information content (AvgIpc) is 2.42. The molecule has 1 aromatic carbocycles. The van der Waals surface area contributed by atoms with Crippen molar-refractivity contribution in [3.63, 3.8) is 0 Å². The summed E-state index contributed by atoms with van der Waals surface area (Å²) < 4.78 is 13.3. The maximum absolute atomic E-state index is 13.3. The molecule has 0 spiro atoms. The standard InChI is InChI=1S/C14H20FN3O/c1-10-2-3-12(8-13(10)15)18-14(19)17-9-11-4-6-16-7-5-11/h2-3,8,11,16H,4-7,9H2,1H3,(H2,17,18,19). The summed E-state index contributed by atoms with van der Waals surface area (Å²) in [5.74, 6) is 0.220. The van der Waals surface area contributed by atoms with Gasteiger partial charge in [-0.1, -0.05) is 6.07 Å². The number of nitrogens with one attached hydrogen (secondary N) is 3. The van der Waals surface area contributed by atoms with E-state index in [4.69, 9.17) is 0 Å². The SMILES string of the molecule is Cc1ccc(NC(=O)NCC2CCNCC2)cc1F. The van der Waals surface area contributed by atoms with Gasteiger partial charge in [0, 0.05) is 12.2 Å². The van der Waals surface area contributed by atoms with Crippen molar-refractivity contribution in [1.29, 1.82) is 0 Å². The third-order valence-electron chi connectivity index (χ3n) is 3.44. The minimum absolute atomic E-state index is 0.276. The molecule has 4 nitrogen and oxygen atoms in total. The Morgan fingerprint density at radius 3 is 2.84 bits per heavy atom. The lowest BCUT2D eigenvalue weighted by atomic mass is 9.98. The fourth-order valence-corrected chi connectivity index (χ4v) is 2.17. The summed E-state index contributed by atoms with van der Waals surface area (Å²) in [6.45, 7) is 4.38. The van der Waals surface area contributed by atoms with Gasteiger partial charge < -0.3 is 16.0 Å². The van der Waals surface area contributed by atoms with Crippen LogP contribution in [0, 0.1) is 18.7 Å². The first-order valence-electron chi connectivity index (χ1n) is 6.67. The van der Waals surface area contributed by atoms with Crippen molar-refractivity contribution in [2.75, 3.05) is 25.0 Å². The Labute approximate surface area is 112 Å². The van der Waals surface area contributed by atoms with E-state index in [1.54, 1.807) is 19.1 Å². The van der Waals surface area contributed by atoms with Gasteiger partial charge in [-0.05, 0) is 56.5 Å². The normalized spacial score (nSPS) is 16.1. The summed E-state index contributed by atoms with van der Waals surface area (Å²) in [6, 6.07) is 4.40. The maximum atomic E-state index is 13.3. The van der Waals surface area contributed by atoms with E-state index in [1.807, 2.05) is 0 Å². The topological polar surface area (TPSA) is 53.2 Å². The predicted octanol–water partition coefficient (Wildman–Crippen LogP) is 2.26. The van der Waals surface area contributed by atoms with E-state index >= 15 is 0 Å². The number of amides is 2. The number of hydrogen-bond donors (Lipinski definition) is 3. The molecule has 3 N–H and O–H groups in total. The van der Waals surface area contributed by atoms with Gasteiger partial charge in [0.05, 0.1) is 0 Å². The Hall–Kier alpha value is -1.62. The van der Waals surface area contributed by atoms with E-state index in [2.05, 4.69) is 16.0 Å². The van der Waals surface area contributed by atoms with Crippen molar-refractivity contribution >= 4 is 11.7 Å². The molecule has 0 bridgehead atoms. The van der Waals surface area contributed by atoms with Gasteiger partial charge in [0.2, 0.25) is 0 Å². The number of anilines is 1. The highest BCUT2D eigenvalue weighted by atomic mass is 19.1. The van der Waals surface area contributed by atoms with Crippen molar-refractivity contribution in [3.05, 3.63) is 29.6 Å². The molecule has 0 saturated carbocycles. The van der Waals surface area contributed by atoms with E-state index in [-0.39, 0.29) is 11.8 Å². The number of benzene rings is 1. The fourth-order valence-electron chi connectivity index (χ4n) is 2.17. The van der Waals surface area contributed by atoms with Gasteiger partial charge in [0.25, 0.3) is 0 Å². The second-order valence-electron chi connectivity index (χ2n) is 4.99. The average molecular weight is 265 g/mol. The number of carbonyl (C=O) groups is 1. The van der Waals surface area contributed by atoms with E-state index in [0.717, 1.165) is 25.9 Å². The van der Waals surface area contributed by atoms with Crippen LogP contribution in [0.3, 0.4) is 0 Å². The van der Waals surface area contributed by atoms with Gasteiger partial charge in [0.15, 0.2) is 0 Å². The Kier molecular flexibility index (Phi) is 4.74. The van der Waals surface area contributed by atoms with Gasteiger partial charge in [-0.25, -0.2) is 9.18 Å². The van der Waals surface area contributed by atoms with Crippen LogP contribution >= 0.6 is 0 Å². The molecule has 1 heterocycles. The number of piperidine rings is 1.